The molecule has 1 saturated carbocycles. The highest BCUT2D eigenvalue weighted by molar-refractivity contribution is 5.91. The number of nitrogens with one attached hydrogen (secondary N) is 2. The standard InChI is InChI=1S/C26H28N4/c1-25(29-21-13-5-9-19-11-7-17-27-23(19)21)15-3-4-16-26(25,2)30-22-14-6-10-20-12-8-18-28-24(20)22/h5-14,17-18,29-30H,3-4,15-16H2,1-2H3. The van der Waals surface area contributed by atoms with Gasteiger partial charge in [-0.25, -0.2) is 0 Å². The van der Waals surface area contributed by atoms with Gasteiger partial charge < -0.3 is 10.6 Å². The number of pyridine rings is 2. The molecule has 4 aromatic rings. The topological polar surface area (TPSA) is 49.8 Å². The lowest BCUT2D eigenvalue weighted by atomic mass is 9.68. The molecule has 4 heteroatoms. The normalized spacial score (nSPS) is 24.1. The first kappa shape index (κ1) is 18.9. The summed E-state index contributed by atoms with van der Waals surface area (Å²) in [5.41, 5.74) is 3.99. The zero-order chi connectivity index (χ0) is 20.6. The molecule has 1 aliphatic carbocycles. The summed E-state index contributed by atoms with van der Waals surface area (Å²) in [7, 11) is 0. The quantitative estimate of drug-likeness (QED) is 0.419. The van der Waals surface area contributed by atoms with Crippen molar-refractivity contribution in [2.45, 2.75) is 50.6 Å². The van der Waals surface area contributed by atoms with Crippen molar-refractivity contribution in [3.05, 3.63) is 73.1 Å². The molecule has 1 aliphatic rings. The Kier molecular flexibility index (Phi) is 4.58. The molecule has 0 radical (unpaired) electrons. The maximum absolute atomic E-state index is 4.66. The predicted octanol–water partition coefficient (Wildman–Crippen LogP) is 6.40. The van der Waals surface area contributed by atoms with Crippen molar-refractivity contribution in [2.75, 3.05) is 10.6 Å². The maximum Gasteiger partial charge on any atom is 0.0933 e. The van der Waals surface area contributed by atoms with E-state index < -0.39 is 0 Å². The average molecular weight is 397 g/mol. The van der Waals surface area contributed by atoms with E-state index in [4.69, 9.17) is 0 Å². The number of hydrogen-bond donors (Lipinski definition) is 2. The number of benzene rings is 2. The molecule has 152 valence electrons. The van der Waals surface area contributed by atoms with E-state index in [9.17, 15) is 0 Å². The monoisotopic (exact) mass is 396 g/mol. The molecule has 2 aromatic heterocycles. The van der Waals surface area contributed by atoms with Crippen LogP contribution in [0.3, 0.4) is 0 Å². The highest BCUT2D eigenvalue weighted by Gasteiger charge is 2.46. The van der Waals surface area contributed by atoms with E-state index in [2.05, 4.69) is 83.0 Å². The van der Waals surface area contributed by atoms with Crippen LogP contribution in [-0.2, 0) is 0 Å². The van der Waals surface area contributed by atoms with Gasteiger partial charge in [0, 0.05) is 23.2 Å². The minimum atomic E-state index is -0.131. The van der Waals surface area contributed by atoms with E-state index in [0.29, 0.717) is 0 Å². The van der Waals surface area contributed by atoms with Crippen molar-refractivity contribution in [3.8, 4) is 0 Å². The highest BCUT2D eigenvalue weighted by atomic mass is 15.1. The van der Waals surface area contributed by atoms with Gasteiger partial charge in [-0.1, -0.05) is 49.2 Å². The molecule has 0 aliphatic heterocycles. The zero-order valence-electron chi connectivity index (χ0n) is 17.7. The third-order valence-electron chi connectivity index (χ3n) is 6.91. The molecule has 2 N–H and O–H groups in total. The molecule has 0 bridgehead atoms. The number of fused-ring (bicyclic) bond motifs is 2. The van der Waals surface area contributed by atoms with Crippen LogP contribution in [0.2, 0.25) is 0 Å². The van der Waals surface area contributed by atoms with E-state index >= 15 is 0 Å². The van der Waals surface area contributed by atoms with E-state index in [1.165, 1.54) is 12.8 Å². The van der Waals surface area contributed by atoms with Crippen LogP contribution in [0, 0.1) is 0 Å². The van der Waals surface area contributed by atoms with Crippen LogP contribution in [0.4, 0.5) is 11.4 Å². The molecule has 4 nitrogen and oxygen atoms in total. The first-order valence-electron chi connectivity index (χ1n) is 10.8. The van der Waals surface area contributed by atoms with Crippen molar-refractivity contribution in [1.82, 2.24) is 9.97 Å². The summed E-state index contributed by atoms with van der Waals surface area (Å²) in [5.74, 6) is 0. The summed E-state index contributed by atoms with van der Waals surface area (Å²) in [4.78, 5) is 9.32. The van der Waals surface area contributed by atoms with Gasteiger partial charge in [0.15, 0.2) is 0 Å². The van der Waals surface area contributed by atoms with Gasteiger partial charge in [-0.3, -0.25) is 9.97 Å². The molecule has 0 spiro atoms. The lowest BCUT2D eigenvalue weighted by molar-refractivity contribution is 0.224. The number of rotatable bonds is 4. The summed E-state index contributed by atoms with van der Waals surface area (Å²) in [6.07, 6.45) is 8.36. The first-order chi connectivity index (χ1) is 14.6. The lowest BCUT2D eigenvalue weighted by Crippen LogP contribution is -2.61. The Morgan fingerprint density at radius 2 is 1.07 bits per heavy atom. The molecule has 2 heterocycles. The van der Waals surface area contributed by atoms with Crippen LogP contribution < -0.4 is 10.6 Å². The van der Waals surface area contributed by atoms with Crippen LogP contribution in [0.1, 0.15) is 39.5 Å². The molecule has 1 fully saturated rings. The second-order valence-corrected chi connectivity index (χ2v) is 8.88. The molecule has 5 rings (SSSR count). The van der Waals surface area contributed by atoms with Crippen LogP contribution >= 0.6 is 0 Å². The molecule has 2 aromatic carbocycles. The van der Waals surface area contributed by atoms with E-state index in [1.807, 2.05) is 24.5 Å². The summed E-state index contributed by atoms with van der Waals surface area (Å²) >= 11 is 0. The summed E-state index contributed by atoms with van der Waals surface area (Å²) in [6.45, 7) is 4.69. The van der Waals surface area contributed by atoms with Crippen molar-refractivity contribution in [3.63, 3.8) is 0 Å². The number of aromatic nitrogens is 2. The van der Waals surface area contributed by atoms with Gasteiger partial charge in [-0.15, -0.1) is 0 Å². The van der Waals surface area contributed by atoms with E-state index in [1.54, 1.807) is 0 Å². The molecular weight excluding hydrogens is 368 g/mol. The number of para-hydroxylation sites is 2. The van der Waals surface area contributed by atoms with Crippen LogP contribution in [0.5, 0.6) is 0 Å². The fourth-order valence-corrected chi connectivity index (χ4v) is 4.91. The van der Waals surface area contributed by atoms with Gasteiger partial charge in [0.1, 0.15) is 0 Å². The summed E-state index contributed by atoms with van der Waals surface area (Å²) in [6, 6.07) is 21.0. The van der Waals surface area contributed by atoms with Gasteiger partial charge in [0.25, 0.3) is 0 Å². The Balaban J connectivity index is 1.54. The number of nitrogens with zero attached hydrogens (tertiary/aromatic N) is 2. The average Bonchev–Trinajstić information content (AvgIpc) is 2.77. The van der Waals surface area contributed by atoms with Gasteiger partial charge in [0.2, 0.25) is 0 Å². The second kappa shape index (κ2) is 7.28. The molecule has 0 amide bonds. The fraction of sp³-hybridized carbons (Fsp3) is 0.308. The van der Waals surface area contributed by atoms with Gasteiger partial charge in [-0.05, 0) is 51.0 Å². The van der Waals surface area contributed by atoms with E-state index in [0.717, 1.165) is 46.0 Å². The predicted molar refractivity (Wildman–Crippen MR) is 126 cm³/mol. The molecule has 30 heavy (non-hydrogen) atoms. The molecular formula is C26H28N4. The van der Waals surface area contributed by atoms with Crippen molar-refractivity contribution >= 4 is 33.2 Å². The Hall–Kier alpha value is -3.14. The third-order valence-corrected chi connectivity index (χ3v) is 6.91. The summed E-state index contributed by atoms with van der Waals surface area (Å²) < 4.78 is 0. The smallest absolute Gasteiger partial charge is 0.0933 e. The summed E-state index contributed by atoms with van der Waals surface area (Å²) in [5, 5.41) is 10.2. The third kappa shape index (κ3) is 3.17. The Morgan fingerprint density at radius 3 is 1.53 bits per heavy atom. The Morgan fingerprint density at radius 1 is 0.633 bits per heavy atom. The van der Waals surface area contributed by atoms with Gasteiger partial charge in [0.05, 0.1) is 33.5 Å². The van der Waals surface area contributed by atoms with Crippen molar-refractivity contribution in [1.29, 1.82) is 0 Å². The van der Waals surface area contributed by atoms with Crippen LogP contribution in [0.15, 0.2) is 73.1 Å². The zero-order valence-corrected chi connectivity index (χ0v) is 17.7. The molecule has 2 unspecified atom stereocenters. The Bertz CT molecular complexity index is 1100. The lowest BCUT2D eigenvalue weighted by Gasteiger charge is -2.52. The minimum Gasteiger partial charge on any atom is -0.376 e. The van der Waals surface area contributed by atoms with Crippen molar-refractivity contribution in [2.24, 2.45) is 0 Å². The fourth-order valence-electron chi connectivity index (χ4n) is 4.91. The molecule has 0 saturated heterocycles. The number of anilines is 2. The molecule has 2 atom stereocenters. The van der Waals surface area contributed by atoms with Gasteiger partial charge >= 0.3 is 0 Å². The SMILES string of the molecule is CC1(Nc2cccc3cccnc23)CCCCC1(C)Nc1cccc2cccnc12. The largest absolute Gasteiger partial charge is 0.376 e. The highest BCUT2D eigenvalue weighted by Crippen LogP contribution is 2.43. The van der Waals surface area contributed by atoms with Crippen molar-refractivity contribution < 1.29 is 0 Å². The van der Waals surface area contributed by atoms with Crippen LogP contribution in [-0.4, -0.2) is 21.0 Å². The minimum absolute atomic E-state index is 0.131. The number of hydrogen-bond acceptors (Lipinski definition) is 4. The van der Waals surface area contributed by atoms with E-state index in [-0.39, 0.29) is 11.1 Å². The second-order valence-electron chi connectivity index (χ2n) is 8.88. The Labute approximate surface area is 177 Å². The van der Waals surface area contributed by atoms with Crippen LogP contribution in [0.25, 0.3) is 21.8 Å². The first-order valence-corrected chi connectivity index (χ1v) is 10.8. The maximum atomic E-state index is 4.66. The van der Waals surface area contributed by atoms with Gasteiger partial charge in [-0.2, -0.15) is 0 Å².